The van der Waals surface area contributed by atoms with Crippen LogP contribution in [0.3, 0.4) is 0 Å². The van der Waals surface area contributed by atoms with E-state index in [9.17, 15) is 9.18 Å². The highest BCUT2D eigenvalue weighted by atomic mass is 32.2. The zero-order chi connectivity index (χ0) is 17.1. The molecule has 1 heterocycles. The molecule has 0 unspecified atom stereocenters. The highest BCUT2D eigenvalue weighted by Gasteiger charge is 2.20. The third-order valence-corrected chi connectivity index (χ3v) is 4.49. The predicted octanol–water partition coefficient (Wildman–Crippen LogP) is 3.04. The van der Waals surface area contributed by atoms with Crippen LogP contribution in [-0.4, -0.2) is 25.9 Å². The maximum atomic E-state index is 13.2. The van der Waals surface area contributed by atoms with Crippen molar-refractivity contribution in [3.8, 4) is 17.1 Å². The second kappa shape index (κ2) is 6.84. The molecule has 0 saturated carbocycles. The second-order valence-corrected chi connectivity index (χ2v) is 6.45. The van der Waals surface area contributed by atoms with Crippen LogP contribution in [0.15, 0.2) is 59.8 Å². The molecule has 0 fully saturated rings. The number of aromatic nitrogens is 3. The molecule has 2 N–H and O–H groups in total. The number of amides is 1. The van der Waals surface area contributed by atoms with E-state index < -0.39 is 11.2 Å². The summed E-state index contributed by atoms with van der Waals surface area (Å²) in [6.45, 7) is 1.72. The normalized spacial score (nSPS) is 12.1. The fourth-order valence-corrected chi connectivity index (χ4v) is 2.98. The summed E-state index contributed by atoms with van der Waals surface area (Å²) in [5, 5.41) is 8.51. The van der Waals surface area contributed by atoms with Gasteiger partial charge in [0.1, 0.15) is 5.82 Å². The smallest absolute Gasteiger partial charge is 0.230 e. The van der Waals surface area contributed by atoms with Gasteiger partial charge in [0.15, 0.2) is 11.0 Å². The minimum atomic E-state index is -0.447. The summed E-state index contributed by atoms with van der Waals surface area (Å²) >= 11 is 1.23. The van der Waals surface area contributed by atoms with Gasteiger partial charge in [-0.05, 0) is 43.3 Å². The minimum absolute atomic E-state index is 0.318. The molecule has 0 saturated heterocycles. The summed E-state index contributed by atoms with van der Waals surface area (Å²) in [7, 11) is 0. The number of nitrogens with zero attached hydrogens (tertiary/aromatic N) is 3. The van der Waals surface area contributed by atoms with Crippen molar-refractivity contribution >= 4 is 17.7 Å². The molecular formula is C17H15FN4OS. The highest BCUT2D eigenvalue weighted by Crippen LogP contribution is 2.30. The lowest BCUT2D eigenvalue weighted by atomic mass is 10.2. The summed E-state index contributed by atoms with van der Waals surface area (Å²) in [5.74, 6) is -0.173. The highest BCUT2D eigenvalue weighted by molar-refractivity contribution is 8.00. The van der Waals surface area contributed by atoms with Crippen LogP contribution >= 0.6 is 11.8 Å². The molecule has 24 heavy (non-hydrogen) atoms. The Kier molecular flexibility index (Phi) is 4.61. The van der Waals surface area contributed by atoms with Crippen LogP contribution in [0.2, 0.25) is 0 Å². The number of hydrogen-bond acceptors (Lipinski definition) is 4. The first-order valence-corrected chi connectivity index (χ1v) is 8.17. The number of primary amides is 1. The average Bonchev–Trinajstić information content (AvgIpc) is 2.99. The number of halogens is 1. The van der Waals surface area contributed by atoms with Crippen molar-refractivity contribution in [2.75, 3.05) is 0 Å². The lowest BCUT2D eigenvalue weighted by molar-refractivity contribution is -0.117. The Bertz CT molecular complexity index is 849. The van der Waals surface area contributed by atoms with Crippen molar-refractivity contribution in [1.29, 1.82) is 0 Å². The first-order chi connectivity index (χ1) is 11.6. The Morgan fingerprint density at radius 2 is 1.79 bits per heavy atom. The largest absolute Gasteiger partial charge is 0.369 e. The number of rotatable bonds is 5. The van der Waals surface area contributed by atoms with Crippen LogP contribution in [0, 0.1) is 5.82 Å². The summed E-state index contributed by atoms with van der Waals surface area (Å²) in [6, 6.07) is 15.6. The summed E-state index contributed by atoms with van der Waals surface area (Å²) in [6.07, 6.45) is 0. The number of nitrogens with two attached hydrogens (primary N) is 1. The molecule has 5 nitrogen and oxygen atoms in total. The Morgan fingerprint density at radius 3 is 2.42 bits per heavy atom. The van der Waals surface area contributed by atoms with Gasteiger partial charge in [0, 0.05) is 11.3 Å². The molecular weight excluding hydrogens is 327 g/mol. The Labute approximate surface area is 142 Å². The molecule has 1 amide bonds. The van der Waals surface area contributed by atoms with Gasteiger partial charge in [-0.1, -0.05) is 30.0 Å². The Balaban J connectivity index is 2.11. The molecule has 0 aliphatic heterocycles. The number of thioether (sulfide) groups is 1. The van der Waals surface area contributed by atoms with E-state index in [-0.39, 0.29) is 5.82 Å². The van der Waals surface area contributed by atoms with E-state index in [1.165, 1.54) is 23.9 Å². The maximum Gasteiger partial charge on any atom is 0.230 e. The number of carbonyl (C=O) groups excluding carboxylic acids is 1. The fourth-order valence-electron chi connectivity index (χ4n) is 2.16. The van der Waals surface area contributed by atoms with Crippen molar-refractivity contribution in [2.45, 2.75) is 17.3 Å². The molecule has 0 aliphatic rings. The standard InChI is InChI=1S/C17H15FN4OS/c1-11(15(19)23)24-17-21-20-16(12-7-9-13(18)10-8-12)22(17)14-5-3-2-4-6-14/h2-11H,1H3,(H2,19,23)/t11-/m0/s1. The van der Waals surface area contributed by atoms with Gasteiger partial charge in [-0.25, -0.2) is 4.39 Å². The number of hydrogen-bond donors (Lipinski definition) is 1. The van der Waals surface area contributed by atoms with Crippen LogP contribution in [0.25, 0.3) is 17.1 Å². The number of carbonyl (C=O) groups is 1. The van der Waals surface area contributed by atoms with Crippen molar-refractivity contribution in [1.82, 2.24) is 14.8 Å². The van der Waals surface area contributed by atoms with Crippen molar-refractivity contribution in [3.05, 3.63) is 60.4 Å². The number of benzene rings is 2. The third kappa shape index (κ3) is 3.30. The predicted molar refractivity (Wildman–Crippen MR) is 91.3 cm³/mol. The molecule has 3 aromatic rings. The fraction of sp³-hybridized carbons (Fsp3) is 0.118. The second-order valence-electron chi connectivity index (χ2n) is 5.15. The van der Waals surface area contributed by atoms with E-state index in [2.05, 4.69) is 10.2 Å². The molecule has 0 spiro atoms. The van der Waals surface area contributed by atoms with Gasteiger partial charge in [-0.15, -0.1) is 10.2 Å². The molecule has 3 rings (SSSR count). The lowest BCUT2D eigenvalue weighted by Gasteiger charge is -2.12. The summed E-state index contributed by atoms with van der Waals surface area (Å²) < 4.78 is 15.0. The van der Waals surface area contributed by atoms with E-state index in [1.807, 2.05) is 34.9 Å². The lowest BCUT2D eigenvalue weighted by Crippen LogP contribution is -2.23. The van der Waals surface area contributed by atoms with Gasteiger partial charge in [-0.2, -0.15) is 0 Å². The molecule has 7 heteroatoms. The third-order valence-electron chi connectivity index (χ3n) is 3.43. The zero-order valence-electron chi connectivity index (χ0n) is 12.9. The number of para-hydroxylation sites is 1. The van der Waals surface area contributed by atoms with Gasteiger partial charge in [0.25, 0.3) is 0 Å². The molecule has 1 atom stereocenters. The van der Waals surface area contributed by atoms with E-state index in [0.717, 1.165) is 11.3 Å². The SMILES string of the molecule is C[C@H](Sc1nnc(-c2ccc(F)cc2)n1-c1ccccc1)C(N)=O. The van der Waals surface area contributed by atoms with Crippen molar-refractivity contribution in [2.24, 2.45) is 5.73 Å². The van der Waals surface area contributed by atoms with Gasteiger partial charge in [0.05, 0.1) is 5.25 Å². The van der Waals surface area contributed by atoms with E-state index >= 15 is 0 Å². The monoisotopic (exact) mass is 342 g/mol. The Hall–Kier alpha value is -2.67. The molecule has 0 bridgehead atoms. The van der Waals surface area contributed by atoms with Crippen LogP contribution < -0.4 is 5.73 Å². The van der Waals surface area contributed by atoms with Gasteiger partial charge < -0.3 is 5.73 Å². The molecule has 2 aromatic carbocycles. The summed E-state index contributed by atoms with van der Waals surface area (Å²) in [4.78, 5) is 11.4. The average molecular weight is 342 g/mol. The van der Waals surface area contributed by atoms with Gasteiger partial charge >= 0.3 is 0 Å². The van der Waals surface area contributed by atoms with Crippen molar-refractivity contribution < 1.29 is 9.18 Å². The molecule has 122 valence electrons. The van der Waals surface area contributed by atoms with E-state index in [1.54, 1.807) is 19.1 Å². The van der Waals surface area contributed by atoms with Gasteiger partial charge in [0.2, 0.25) is 5.91 Å². The topological polar surface area (TPSA) is 73.8 Å². The quantitative estimate of drug-likeness (QED) is 0.723. The van der Waals surface area contributed by atoms with Crippen molar-refractivity contribution in [3.63, 3.8) is 0 Å². The molecule has 0 radical (unpaired) electrons. The van der Waals surface area contributed by atoms with E-state index in [4.69, 9.17) is 5.73 Å². The molecule has 0 aliphatic carbocycles. The minimum Gasteiger partial charge on any atom is -0.369 e. The van der Waals surface area contributed by atoms with E-state index in [0.29, 0.717) is 11.0 Å². The van der Waals surface area contributed by atoms with Crippen LogP contribution in [-0.2, 0) is 4.79 Å². The van der Waals surface area contributed by atoms with Gasteiger partial charge in [-0.3, -0.25) is 9.36 Å². The zero-order valence-corrected chi connectivity index (χ0v) is 13.7. The first kappa shape index (κ1) is 16.2. The van der Waals surface area contributed by atoms with Crippen LogP contribution in [0.5, 0.6) is 0 Å². The maximum absolute atomic E-state index is 13.2. The summed E-state index contributed by atoms with van der Waals surface area (Å²) in [5.41, 5.74) is 6.92. The van der Waals surface area contributed by atoms with Crippen LogP contribution in [0.4, 0.5) is 4.39 Å². The first-order valence-electron chi connectivity index (χ1n) is 7.29. The van der Waals surface area contributed by atoms with Crippen LogP contribution in [0.1, 0.15) is 6.92 Å². The molecule has 1 aromatic heterocycles. The Morgan fingerprint density at radius 1 is 1.12 bits per heavy atom.